The average Bonchev–Trinajstić information content (AvgIpc) is 3.02. The predicted octanol–water partition coefficient (Wildman–Crippen LogP) is 2.34. The first-order chi connectivity index (χ1) is 11.9. The molecule has 0 radical (unpaired) electrons. The van der Waals surface area contributed by atoms with Gasteiger partial charge >= 0.3 is 17.8 Å². The number of amides is 1. The van der Waals surface area contributed by atoms with E-state index in [-0.39, 0.29) is 23.2 Å². The number of anilines is 3. The number of nitrogens with zero attached hydrogens (tertiary/aromatic N) is 2. The Morgan fingerprint density at radius 2 is 1.96 bits per heavy atom. The van der Waals surface area contributed by atoms with E-state index in [1.54, 1.807) is 6.92 Å². The highest BCUT2D eigenvalue weighted by Crippen LogP contribution is 2.18. The van der Waals surface area contributed by atoms with Gasteiger partial charge in [0.2, 0.25) is 5.56 Å². The van der Waals surface area contributed by atoms with E-state index in [0.29, 0.717) is 11.4 Å². The number of aromatic nitrogens is 3. The normalized spacial score (nSPS) is 10.5. The maximum atomic E-state index is 13.2. The SMILES string of the molecule is Cc1[nH]c(=O)ccc1NC(=O)c1nnc(Nc2ccc(F)c(F)c2)o1. The highest BCUT2D eigenvalue weighted by molar-refractivity contribution is 6.01. The Balaban J connectivity index is 1.72. The second-order valence-electron chi connectivity index (χ2n) is 4.98. The number of hydrogen-bond acceptors (Lipinski definition) is 6. The van der Waals surface area contributed by atoms with Gasteiger partial charge < -0.3 is 20.0 Å². The van der Waals surface area contributed by atoms with Crippen LogP contribution in [0.5, 0.6) is 0 Å². The molecule has 10 heteroatoms. The standard InChI is InChI=1S/C15H11F2N5O3/c1-7-11(4-5-12(23)18-7)20-13(24)14-21-22-15(25-14)19-8-2-3-9(16)10(17)6-8/h2-6H,1H3,(H,18,23)(H,19,22)(H,20,24). The number of halogens is 2. The minimum Gasteiger partial charge on any atom is -0.399 e. The Morgan fingerprint density at radius 1 is 1.16 bits per heavy atom. The minimum absolute atomic E-state index is 0.172. The molecule has 0 saturated carbocycles. The Kier molecular flexibility index (Phi) is 4.25. The molecule has 3 N–H and O–H groups in total. The lowest BCUT2D eigenvalue weighted by Crippen LogP contribution is -2.16. The zero-order valence-electron chi connectivity index (χ0n) is 12.8. The van der Waals surface area contributed by atoms with Gasteiger partial charge in [0, 0.05) is 23.5 Å². The lowest BCUT2D eigenvalue weighted by molar-refractivity contribution is 0.0991. The second-order valence-corrected chi connectivity index (χ2v) is 4.98. The molecule has 128 valence electrons. The quantitative estimate of drug-likeness (QED) is 0.668. The molecule has 0 unspecified atom stereocenters. The maximum absolute atomic E-state index is 13.2. The van der Waals surface area contributed by atoms with E-state index in [0.717, 1.165) is 12.1 Å². The van der Waals surface area contributed by atoms with Crippen LogP contribution in [0.25, 0.3) is 0 Å². The molecule has 3 aromatic rings. The van der Waals surface area contributed by atoms with Gasteiger partial charge in [0.1, 0.15) is 0 Å². The van der Waals surface area contributed by atoms with Crippen molar-refractivity contribution in [1.82, 2.24) is 15.2 Å². The van der Waals surface area contributed by atoms with Gasteiger partial charge in [-0.05, 0) is 25.1 Å². The van der Waals surface area contributed by atoms with Crippen molar-refractivity contribution in [3.8, 4) is 0 Å². The van der Waals surface area contributed by atoms with Crippen molar-refractivity contribution >= 4 is 23.3 Å². The Morgan fingerprint density at radius 3 is 2.68 bits per heavy atom. The number of carbonyl (C=O) groups excluding carboxylic acids is 1. The molecule has 0 aliphatic rings. The lowest BCUT2D eigenvalue weighted by atomic mass is 10.3. The van der Waals surface area contributed by atoms with Crippen molar-refractivity contribution in [2.75, 3.05) is 10.6 Å². The fourth-order valence-electron chi connectivity index (χ4n) is 1.95. The minimum atomic E-state index is -1.05. The van der Waals surface area contributed by atoms with Crippen LogP contribution in [-0.2, 0) is 0 Å². The molecule has 0 bridgehead atoms. The first-order valence-electron chi connectivity index (χ1n) is 6.99. The largest absolute Gasteiger partial charge is 0.399 e. The number of aromatic amines is 1. The molecular weight excluding hydrogens is 336 g/mol. The van der Waals surface area contributed by atoms with E-state index in [1.807, 2.05) is 0 Å². The van der Waals surface area contributed by atoms with Gasteiger partial charge in [-0.15, -0.1) is 5.10 Å². The van der Waals surface area contributed by atoms with Crippen molar-refractivity contribution in [2.45, 2.75) is 6.92 Å². The van der Waals surface area contributed by atoms with Crippen LogP contribution < -0.4 is 16.2 Å². The van der Waals surface area contributed by atoms with Gasteiger partial charge in [0.15, 0.2) is 11.6 Å². The van der Waals surface area contributed by atoms with Crippen LogP contribution in [0.4, 0.5) is 26.2 Å². The molecule has 2 aromatic heterocycles. The summed E-state index contributed by atoms with van der Waals surface area (Å²) in [5, 5.41) is 12.2. The number of pyridine rings is 1. The zero-order chi connectivity index (χ0) is 18.0. The summed E-state index contributed by atoms with van der Waals surface area (Å²) >= 11 is 0. The number of H-pyrrole nitrogens is 1. The van der Waals surface area contributed by atoms with Crippen LogP contribution in [0.15, 0.2) is 39.5 Å². The van der Waals surface area contributed by atoms with Crippen molar-refractivity contribution in [3.05, 3.63) is 63.9 Å². The summed E-state index contributed by atoms with van der Waals surface area (Å²) in [7, 11) is 0. The Labute approximate surface area is 138 Å². The van der Waals surface area contributed by atoms with Crippen LogP contribution in [-0.4, -0.2) is 21.1 Å². The Bertz CT molecular complexity index is 999. The van der Waals surface area contributed by atoms with Crippen LogP contribution >= 0.6 is 0 Å². The molecule has 0 aliphatic carbocycles. The van der Waals surface area contributed by atoms with E-state index in [4.69, 9.17) is 4.42 Å². The number of nitrogens with one attached hydrogen (secondary N) is 3. The number of carbonyl (C=O) groups is 1. The fraction of sp³-hybridized carbons (Fsp3) is 0.0667. The van der Waals surface area contributed by atoms with Crippen LogP contribution in [0, 0.1) is 18.6 Å². The van der Waals surface area contributed by atoms with Crippen LogP contribution in [0.2, 0.25) is 0 Å². The summed E-state index contributed by atoms with van der Waals surface area (Å²) < 4.78 is 31.2. The average molecular weight is 347 g/mol. The third kappa shape index (κ3) is 3.68. The summed E-state index contributed by atoms with van der Waals surface area (Å²) in [4.78, 5) is 25.8. The summed E-state index contributed by atoms with van der Waals surface area (Å²) in [6, 6.07) is 5.62. The topological polar surface area (TPSA) is 113 Å². The first-order valence-corrected chi connectivity index (χ1v) is 6.99. The Hall–Kier alpha value is -3.56. The fourth-order valence-corrected chi connectivity index (χ4v) is 1.95. The van der Waals surface area contributed by atoms with Gasteiger partial charge in [0.05, 0.1) is 5.69 Å². The third-order valence-electron chi connectivity index (χ3n) is 3.15. The predicted molar refractivity (Wildman–Crippen MR) is 83.7 cm³/mol. The van der Waals surface area contributed by atoms with E-state index >= 15 is 0 Å². The van der Waals surface area contributed by atoms with Crippen LogP contribution in [0.1, 0.15) is 16.4 Å². The summed E-state index contributed by atoms with van der Waals surface area (Å²) in [6.45, 7) is 1.61. The van der Waals surface area contributed by atoms with Gasteiger partial charge in [0.25, 0.3) is 0 Å². The van der Waals surface area contributed by atoms with Crippen molar-refractivity contribution in [1.29, 1.82) is 0 Å². The second kappa shape index (κ2) is 6.51. The zero-order valence-corrected chi connectivity index (χ0v) is 12.8. The number of rotatable bonds is 4. The van der Waals surface area contributed by atoms with Crippen LogP contribution in [0.3, 0.4) is 0 Å². The molecule has 1 aromatic carbocycles. The lowest BCUT2D eigenvalue weighted by Gasteiger charge is -2.05. The molecule has 3 rings (SSSR count). The molecule has 1 amide bonds. The number of aryl methyl sites for hydroxylation is 1. The van der Waals surface area contributed by atoms with Crippen molar-refractivity contribution in [3.63, 3.8) is 0 Å². The van der Waals surface area contributed by atoms with E-state index in [9.17, 15) is 18.4 Å². The molecule has 0 aliphatic heterocycles. The van der Waals surface area contributed by atoms with E-state index < -0.39 is 17.5 Å². The maximum Gasteiger partial charge on any atom is 0.320 e. The van der Waals surface area contributed by atoms with Crippen molar-refractivity contribution < 1.29 is 18.0 Å². The highest BCUT2D eigenvalue weighted by Gasteiger charge is 2.16. The monoisotopic (exact) mass is 347 g/mol. The molecule has 8 nitrogen and oxygen atoms in total. The first kappa shape index (κ1) is 16.3. The van der Waals surface area contributed by atoms with Crippen molar-refractivity contribution in [2.24, 2.45) is 0 Å². The van der Waals surface area contributed by atoms with Gasteiger partial charge in [-0.1, -0.05) is 5.10 Å². The summed E-state index contributed by atoms with van der Waals surface area (Å²) in [5.41, 5.74) is 0.704. The molecule has 25 heavy (non-hydrogen) atoms. The van der Waals surface area contributed by atoms with E-state index in [2.05, 4.69) is 25.8 Å². The molecule has 0 spiro atoms. The third-order valence-corrected chi connectivity index (χ3v) is 3.15. The number of benzene rings is 1. The summed E-state index contributed by atoms with van der Waals surface area (Å²) in [6.07, 6.45) is 0. The highest BCUT2D eigenvalue weighted by atomic mass is 19.2. The van der Waals surface area contributed by atoms with Gasteiger partial charge in [-0.25, -0.2) is 8.78 Å². The molecule has 0 fully saturated rings. The molecular formula is C15H11F2N5O3. The van der Waals surface area contributed by atoms with Gasteiger partial charge in [-0.2, -0.15) is 0 Å². The smallest absolute Gasteiger partial charge is 0.320 e. The molecule has 0 atom stereocenters. The number of hydrogen-bond donors (Lipinski definition) is 3. The van der Waals surface area contributed by atoms with E-state index in [1.165, 1.54) is 18.2 Å². The molecule has 2 heterocycles. The molecule has 0 saturated heterocycles. The van der Waals surface area contributed by atoms with Gasteiger partial charge in [-0.3, -0.25) is 9.59 Å². The summed E-state index contributed by atoms with van der Waals surface area (Å²) in [5.74, 6) is -3.08.